The van der Waals surface area contributed by atoms with Crippen LogP contribution in [0.15, 0.2) is 48.5 Å². The highest BCUT2D eigenvalue weighted by Crippen LogP contribution is 2.36. The van der Waals surface area contributed by atoms with E-state index in [4.69, 9.17) is 104 Å². The molecule has 6 aliphatic heterocycles. The number of alkyl carbamates (subject to hydrolysis) is 2. The lowest BCUT2D eigenvalue weighted by Crippen LogP contribution is -2.69. The third kappa shape index (κ3) is 37.1. The van der Waals surface area contributed by atoms with E-state index in [0.717, 1.165) is 5.56 Å². The van der Waals surface area contributed by atoms with E-state index >= 15 is 0 Å². The Morgan fingerprint density at radius 2 is 0.629 bits per heavy atom. The zero-order chi connectivity index (χ0) is 100. The molecule has 2 aromatic rings. The second kappa shape index (κ2) is 64.1. The predicted octanol–water partition coefficient (Wildman–Crippen LogP) is -14.1. The van der Waals surface area contributed by atoms with Crippen molar-refractivity contribution < 1.29 is 223 Å². The van der Waals surface area contributed by atoms with Gasteiger partial charge in [0.15, 0.2) is 37.7 Å². The summed E-state index contributed by atoms with van der Waals surface area (Å²) in [4.78, 5) is 24.7. The molecule has 0 saturated carbocycles. The number of ether oxygens (including phenoxy) is 16. The van der Waals surface area contributed by atoms with Crippen LogP contribution in [0, 0.1) is 0 Å². The Kier molecular flexibility index (Phi) is 62.1. The fourth-order valence-corrected chi connectivity index (χ4v) is 14.8. The van der Waals surface area contributed by atoms with Crippen LogP contribution < -0.4 is 59.4 Å². The third-order valence-corrected chi connectivity index (χ3v) is 22.5. The number of aliphatic hydroxyl groups is 27. The zero-order valence-electron chi connectivity index (χ0n) is 76.3. The van der Waals surface area contributed by atoms with E-state index in [2.05, 4.69) is 21.3 Å². The highest BCUT2D eigenvalue weighted by Gasteiger charge is 2.57. The van der Waals surface area contributed by atoms with E-state index in [1.165, 1.54) is 14.2 Å². The Labute approximate surface area is 828 Å². The summed E-state index contributed by atoms with van der Waals surface area (Å²) in [5, 5.41) is 287. The first kappa shape index (κ1) is 136. The average molecular weight is 2110 g/mol. The van der Waals surface area contributed by atoms with Crippen molar-refractivity contribution in [2.75, 3.05) is 93.5 Å². The van der Waals surface area contributed by atoms with Crippen molar-refractivity contribution in [3.8, 4) is 11.5 Å². The van der Waals surface area contributed by atoms with E-state index in [1.807, 2.05) is 0 Å². The van der Waals surface area contributed by atoms with Crippen LogP contribution in [0.25, 0.3) is 0 Å². The maximum Gasteiger partial charge on any atom is 0.408 e. The van der Waals surface area contributed by atoms with Gasteiger partial charge in [-0.1, -0.05) is 46.5 Å². The second-order valence-corrected chi connectivity index (χ2v) is 34.6. The minimum atomic E-state index is -1.91. The van der Waals surface area contributed by atoms with Gasteiger partial charge in [-0.2, -0.15) is 0 Å². The van der Waals surface area contributed by atoms with Gasteiger partial charge in [0.25, 0.3) is 0 Å². The fraction of sp³-hybridized carbons (Fsp3) is 0.831. The van der Waals surface area contributed by atoms with Crippen LogP contribution in [-0.4, -0.2) is 512 Å². The third-order valence-electron chi connectivity index (χ3n) is 22.5. The molecule has 0 bridgehead atoms. The lowest BCUT2D eigenvalue weighted by molar-refractivity contribution is -0.343. The molecule has 6 fully saturated rings. The van der Waals surface area contributed by atoms with Gasteiger partial charge in [0.05, 0.1) is 148 Å². The molecule has 0 spiro atoms. The van der Waals surface area contributed by atoms with Gasteiger partial charge in [-0.3, -0.25) is 0 Å². The smallest absolute Gasteiger partial charge is 0.408 e. The van der Waals surface area contributed by atoms with Crippen LogP contribution in [-0.2, 0) is 79.4 Å². The molecule has 2 amide bonds. The Hall–Kier alpha value is -4.39. The molecule has 6 heterocycles. The topological polar surface area (TPSA) is 906 Å². The van der Waals surface area contributed by atoms with E-state index in [1.54, 1.807) is 90.1 Å². The minimum absolute atomic E-state index is 0. The molecule has 2 aromatic carbocycles. The summed E-state index contributed by atoms with van der Waals surface area (Å²) in [6.45, 7) is 0.278. The van der Waals surface area contributed by atoms with E-state index in [9.17, 15) is 147 Å². The Bertz CT molecular complexity index is 3650. The molecule has 42 atom stereocenters. The molecule has 0 radical (unpaired) electrons. The maximum absolute atomic E-state index is 12.6. The Morgan fingerprint density at radius 1 is 0.357 bits per heavy atom. The standard InChI is InChI=1S/C39H61N3O17.C23H45N3O15.C18H37N3O13.3CH4.3ClH/c1-39(2,3)59-38(52)42-24(16-43)30(48)34(25(47)17-44)57-37-29(41-15-21-8-12-23(54-5)13-9-21)33(51)35(27(19-46)56-37)58-36-28(32(50)31(49)26(18-45)55-36)40-14-20-6-10-22(53-4)11-7-20;1-23(2,3)41-22(36)26-8(4-27)14(32)18(9(31)5-28)39-21-13(25)17(35)19(11(7-30)38-21)40-20-12(24)16(34)15(33)10(6-29)37-20;19-5(1-22)11(27)15(6(26)2-23)33-18-10(21)14(30)16(8(4-25)32-18)34-17-9(20)13(29)12(28)7(3-24)31-17;;;;;;/h6-13,24-37,40-41,43-51H,14-19H2,1-5H3,(H,42,52);8-21,27-35H,4-7,24-25H2,1-3H3,(H,26,36);5-18,22-30H,1-4,19-21H2;3*1H4;3*1H/t24?,25?,26?,27?,28?,29?,30-,31+,32-,33-,34+,35+,36-,37-;8?,9?,10?,11?,12?,13?,14-,15+,16-,17-,18+,19+,20-,21-;5?,6?,7?,8?,9?,10?,11-,12+,13-,14-,15+,16+,17-,18-;;;;;;/m000....../s1. The molecule has 41 N–H and O–H groups in total. The molecule has 8 rings (SSSR count). The fourth-order valence-electron chi connectivity index (χ4n) is 14.8. The first-order valence-corrected chi connectivity index (χ1v) is 43.1. The van der Waals surface area contributed by atoms with Crippen molar-refractivity contribution >= 4 is 49.4 Å². The molecule has 6 aliphatic rings. The van der Waals surface area contributed by atoms with Crippen LogP contribution in [0.2, 0.25) is 0 Å². The highest BCUT2D eigenvalue weighted by molar-refractivity contribution is 5.86. The average Bonchev–Trinajstić information content (AvgIpc) is 0.776. The van der Waals surface area contributed by atoms with Crippen molar-refractivity contribution in [3.63, 3.8) is 0 Å². The monoisotopic (exact) mass is 2110 g/mol. The molecule has 57 heteroatoms. The summed E-state index contributed by atoms with van der Waals surface area (Å²) in [6, 6.07) is 1.73. The molecular weight excluding hydrogens is 1950 g/mol. The number of nitrogens with one attached hydrogen (secondary N) is 4. The summed E-state index contributed by atoms with van der Waals surface area (Å²) in [5.74, 6) is 1.20. The van der Waals surface area contributed by atoms with Crippen LogP contribution in [0.1, 0.15) is 74.9 Å². The van der Waals surface area contributed by atoms with Crippen molar-refractivity contribution in [1.29, 1.82) is 0 Å². The van der Waals surface area contributed by atoms with Crippen molar-refractivity contribution in [1.82, 2.24) is 21.3 Å². The van der Waals surface area contributed by atoms with Gasteiger partial charge < -0.3 is 264 Å². The number of methoxy groups -OCH3 is 2. The number of halogens is 3. The van der Waals surface area contributed by atoms with Gasteiger partial charge in [-0.15, -0.1) is 37.2 Å². The second-order valence-electron chi connectivity index (χ2n) is 34.6. The molecule has 0 aromatic heterocycles. The number of benzene rings is 2. The molecule has 54 nitrogen and oxygen atoms in total. The quantitative estimate of drug-likeness (QED) is 0.0293. The normalized spacial score (nSPS) is 33.8. The van der Waals surface area contributed by atoms with Crippen LogP contribution in [0.4, 0.5) is 9.59 Å². The van der Waals surface area contributed by atoms with Gasteiger partial charge in [0.1, 0.15) is 188 Å². The van der Waals surface area contributed by atoms with Crippen LogP contribution >= 0.6 is 37.2 Å². The van der Waals surface area contributed by atoms with E-state index in [0.29, 0.717) is 17.1 Å². The molecule has 6 saturated heterocycles. The maximum atomic E-state index is 12.6. The number of amides is 2. The van der Waals surface area contributed by atoms with Gasteiger partial charge >= 0.3 is 12.2 Å². The summed E-state index contributed by atoms with van der Waals surface area (Å²) in [6.07, 6.45) is -53.5. The molecule has 826 valence electrons. The highest BCUT2D eigenvalue weighted by atomic mass is 35.5. The minimum Gasteiger partial charge on any atom is -0.497 e. The molecular formula is C83H158Cl3N9O45. The summed E-state index contributed by atoms with van der Waals surface area (Å²) in [7, 11) is 3.04. The predicted molar refractivity (Wildman–Crippen MR) is 492 cm³/mol. The van der Waals surface area contributed by atoms with Gasteiger partial charge in [0.2, 0.25) is 0 Å². The van der Waals surface area contributed by atoms with Crippen LogP contribution in [0.5, 0.6) is 11.5 Å². The first-order valence-electron chi connectivity index (χ1n) is 43.1. The summed E-state index contributed by atoms with van der Waals surface area (Å²) < 4.78 is 89.5. The van der Waals surface area contributed by atoms with Crippen LogP contribution in [0.3, 0.4) is 0 Å². The van der Waals surface area contributed by atoms with Gasteiger partial charge in [-0.25, -0.2) is 9.59 Å². The lowest BCUT2D eigenvalue weighted by atomic mass is 9.94. The number of aliphatic hydroxyl groups excluding tert-OH is 27. The number of carbonyl (C=O) groups is 2. The largest absolute Gasteiger partial charge is 0.497 e. The molecule has 18 unspecified atom stereocenters. The summed E-state index contributed by atoms with van der Waals surface area (Å²) >= 11 is 0. The lowest BCUT2D eigenvalue weighted by Gasteiger charge is -2.49. The number of nitrogens with two attached hydrogens (primary N) is 5. The van der Waals surface area contributed by atoms with Gasteiger partial charge in [0, 0.05) is 13.1 Å². The molecule has 140 heavy (non-hydrogen) atoms. The van der Waals surface area contributed by atoms with Crippen molar-refractivity contribution in [2.24, 2.45) is 28.7 Å². The van der Waals surface area contributed by atoms with Crippen molar-refractivity contribution in [3.05, 3.63) is 59.7 Å². The zero-order valence-corrected chi connectivity index (χ0v) is 78.8. The SMILES string of the molecule is C.C.C.CC(C)(C)OC(=O)NC(CO)[C@H](O)[C@H](O[C@@H]1OC(CO)[C@@H](O[C@@H]2OC(CO)[C@@H](O)[C@@H](O)C2N)[C@@H](O)C1N)C(O)CO.COc1ccc(CNC2[C@H](O[C@@H]3C(CO)O[C@@H](O[C@H](C(O)CO)[C@@H](O)C(CO)NC(=O)OC(C)(C)C)C(NCc4ccc(OC)cc4)[C@@H]3O)OC(CO)[C@@H](O)[C@H]2O)cc1.Cl.Cl.Cl.NC1[C@H](O[C@@H]2C(CO)O[C@@H](O[C@H](C(O)CO)[C@@H](O)C(N)CO)C(N)[C@@H]2O)OC(CO)[C@@H](O)[C@H]1O. The van der Waals surface area contributed by atoms with E-state index in [-0.39, 0.29) is 72.6 Å². The summed E-state index contributed by atoms with van der Waals surface area (Å²) in [5.41, 5.74) is 29.0. The molecule has 0 aliphatic carbocycles. The van der Waals surface area contributed by atoms with Gasteiger partial charge in [-0.05, 0) is 76.9 Å². The Morgan fingerprint density at radius 3 is 0.929 bits per heavy atom. The van der Waals surface area contributed by atoms with Crippen molar-refractivity contribution in [2.45, 2.75) is 345 Å². The van der Waals surface area contributed by atoms with E-state index < -0.39 is 360 Å². The number of hydrogen-bond acceptors (Lipinski definition) is 52. The number of hydrogen-bond donors (Lipinski definition) is 36. The Balaban J connectivity index is 0.00000211. The first-order chi connectivity index (χ1) is 63.2. The number of carbonyl (C=O) groups excluding carboxylic acids is 2. The number of rotatable bonds is 43.